The van der Waals surface area contributed by atoms with Crippen LogP contribution in [0.5, 0.6) is 0 Å². The van der Waals surface area contributed by atoms with E-state index in [2.05, 4.69) is 10.6 Å². The third-order valence-corrected chi connectivity index (χ3v) is 6.41. The average Bonchev–Trinajstić information content (AvgIpc) is 2.75. The van der Waals surface area contributed by atoms with Gasteiger partial charge in [0.1, 0.15) is 0 Å². The van der Waals surface area contributed by atoms with Crippen molar-refractivity contribution in [1.82, 2.24) is 0 Å². The Kier molecular flexibility index (Phi) is 7.69. The van der Waals surface area contributed by atoms with Gasteiger partial charge < -0.3 is 10.6 Å². The highest BCUT2D eigenvalue weighted by atomic mass is 32.2. The molecule has 1 unspecified atom stereocenters. The number of anilines is 2. The lowest BCUT2D eigenvalue weighted by Gasteiger charge is -2.21. The Morgan fingerprint density at radius 3 is 2.30 bits per heavy atom. The minimum absolute atomic E-state index is 0.00717. The molecule has 0 aliphatic heterocycles. The van der Waals surface area contributed by atoms with Crippen LogP contribution in [0.25, 0.3) is 0 Å². The van der Waals surface area contributed by atoms with E-state index in [4.69, 9.17) is 0 Å². The molecule has 2 N–H and O–H groups in total. The van der Waals surface area contributed by atoms with Crippen LogP contribution in [0.1, 0.15) is 56.3 Å². The first-order valence-corrected chi connectivity index (χ1v) is 11.3. The first kappa shape index (κ1) is 22.1. The van der Waals surface area contributed by atoms with Gasteiger partial charge in [-0.2, -0.15) is 0 Å². The van der Waals surface area contributed by atoms with Crippen LogP contribution in [-0.2, 0) is 9.59 Å². The van der Waals surface area contributed by atoms with Crippen LogP contribution in [-0.4, -0.2) is 22.8 Å². The van der Waals surface area contributed by atoms with Crippen molar-refractivity contribution in [2.75, 3.05) is 10.6 Å². The van der Waals surface area contributed by atoms with E-state index >= 15 is 0 Å². The molecule has 158 valence electrons. The number of benzene rings is 2. The molecule has 6 heteroatoms. The van der Waals surface area contributed by atoms with Gasteiger partial charge in [0.05, 0.1) is 5.25 Å². The Balaban J connectivity index is 1.55. The molecule has 3 rings (SSSR count). The summed E-state index contributed by atoms with van der Waals surface area (Å²) < 4.78 is 0. The number of carbonyl (C=O) groups excluding carboxylic acids is 3. The van der Waals surface area contributed by atoms with E-state index < -0.39 is 0 Å². The average molecular weight is 425 g/mol. The molecule has 0 spiro atoms. The van der Waals surface area contributed by atoms with Gasteiger partial charge in [-0.25, -0.2) is 0 Å². The second-order valence-electron chi connectivity index (χ2n) is 7.73. The van der Waals surface area contributed by atoms with Crippen LogP contribution < -0.4 is 10.6 Å². The van der Waals surface area contributed by atoms with E-state index in [0.29, 0.717) is 11.3 Å². The van der Waals surface area contributed by atoms with Crippen LogP contribution in [0, 0.1) is 5.92 Å². The van der Waals surface area contributed by atoms with E-state index in [1.54, 1.807) is 24.3 Å². The van der Waals surface area contributed by atoms with Gasteiger partial charge in [0.15, 0.2) is 5.78 Å². The number of ketones is 1. The smallest absolute Gasteiger partial charge is 0.237 e. The Morgan fingerprint density at radius 1 is 0.933 bits per heavy atom. The van der Waals surface area contributed by atoms with E-state index in [9.17, 15) is 14.4 Å². The zero-order chi connectivity index (χ0) is 21.5. The number of hydrogen-bond donors (Lipinski definition) is 2. The molecule has 2 aromatic carbocycles. The Labute approximate surface area is 182 Å². The molecule has 2 aromatic rings. The number of thioether (sulfide) groups is 1. The topological polar surface area (TPSA) is 75.3 Å². The lowest BCUT2D eigenvalue weighted by atomic mass is 9.88. The van der Waals surface area contributed by atoms with Gasteiger partial charge in [-0.15, -0.1) is 11.8 Å². The summed E-state index contributed by atoms with van der Waals surface area (Å²) in [6, 6.07) is 14.5. The van der Waals surface area contributed by atoms with E-state index in [1.165, 1.54) is 25.1 Å². The van der Waals surface area contributed by atoms with Crippen LogP contribution in [0.15, 0.2) is 53.4 Å². The van der Waals surface area contributed by atoms with Crippen LogP contribution >= 0.6 is 11.8 Å². The maximum absolute atomic E-state index is 12.5. The summed E-state index contributed by atoms with van der Waals surface area (Å²) in [4.78, 5) is 37.3. The fourth-order valence-corrected chi connectivity index (χ4v) is 4.47. The minimum atomic E-state index is -0.318. The molecule has 1 saturated carbocycles. The van der Waals surface area contributed by atoms with Gasteiger partial charge >= 0.3 is 0 Å². The van der Waals surface area contributed by atoms with E-state index in [1.807, 2.05) is 31.2 Å². The molecule has 1 atom stereocenters. The third kappa shape index (κ3) is 6.20. The van der Waals surface area contributed by atoms with Crippen LogP contribution in [0.2, 0.25) is 0 Å². The third-order valence-electron chi connectivity index (χ3n) is 5.32. The molecule has 30 heavy (non-hydrogen) atoms. The highest BCUT2D eigenvalue weighted by Gasteiger charge is 2.21. The predicted octanol–water partition coefficient (Wildman–Crippen LogP) is 5.53. The molecule has 5 nitrogen and oxygen atoms in total. The summed E-state index contributed by atoms with van der Waals surface area (Å²) in [6.45, 7) is 3.36. The van der Waals surface area contributed by atoms with E-state index in [-0.39, 0.29) is 28.8 Å². The predicted molar refractivity (Wildman–Crippen MR) is 122 cm³/mol. The summed E-state index contributed by atoms with van der Waals surface area (Å²) in [6.07, 6.45) is 5.39. The second kappa shape index (κ2) is 10.4. The summed E-state index contributed by atoms with van der Waals surface area (Å²) in [5, 5.41) is 5.59. The van der Waals surface area contributed by atoms with Gasteiger partial charge in [-0.05, 0) is 69.2 Å². The van der Waals surface area contributed by atoms with E-state index in [0.717, 1.165) is 36.3 Å². The van der Waals surface area contributed by atoms with Gasteiger partial charge in [-0.3, -0.25) is 14.4 Å². The second-order valence-corrected chi connectivity index (χ2v) is 9.15. The molecule has 0 bridgehead atoms. The first-order chi connectivity index (χ1) is 14.4. The molecule has 0 aromatic heterocycles. The molecule has 0 saturated heterocycles. The Bertz CT molecular complexity index is 905. The molecule has 0 heterocycles. The molecule has 1 fully saturated rings. The summed E-state index contributed by atoms with van der Waals surface area (Å²) in [5.74, 6) is 0.0743. The molecular weight excluding hydrogens is 396 g/mol. The SMILES string of the molecule is CC(=O)c1ccc(NC(=O)C(C)Sc2cccc(NC(=O)C3CCCCC3)c2)cc1. The zero-order valence-corrected chi connectivity index (χ0v) is 18.3. The molecule has 1 aliphatic rings. The Morgan fingerprint density at radius 2 is 1.63 bits per heavy atom. The largest absolute Gasteiger partial charge is 0.326 e. The summed E-state index contributed by atoms with van der Waals surface area (Å²) in [5.41, 5.74) is 2.04. The fraction of sp³-hybridized carbons (Fsp3) is 0.375. The first-order valence-electron chi connectivity index (χ1n) is 10.4. The van der Waals surface area contributed by atoms with Crippen molar-refractivity contribution in [2.24, 2.45) is 5.92 Å². The molecule has 2 amide bonds. The highest BCUT2D eigenvalue weighted by molar-refractivity contribution is 8.00. The number of hydrogen-bond acceptors (Lipinski definition) is 4. The summed E-state index contributed by atoms with van der Waals surface area (Å²) in [7, 11) is 0. The zero-order valence-electron chi connectivity index (χ0n) is 17.4. The monoisotopic (exact) mass is 424 g/mol. The number of rotatable bonds is 7. The standard InChI is InChI=1S/C24H28N2O3S/c1-16(27)18-11-13-20(14-12-18)25-23(28)17(2)30-22-10-6-9-21(15-22)26-24(29)19-7-4-3-5-8-19/h6,9-15,17,19H,3-5,7-8H2,1-2H3,(H,25,28)(H,26,29). The quantitative estimate of drug-likeness (QED) is 0.453. The van der Waals surface area contributed by atoms with Crippen molar-refractivity contribution < 1.29 is 14.4 Å². The lowest BCUT2D eigenvalue weighted by Crippen LogP contribution is -2.24. The molecule has 1 aliphatic carbocycles. The lowest BCUT2D eigenvalue weighted by molar-refractivity contribution is -0.120. The van der Waals surface area contributed by atoms with Crippen molar-refractivity contribution in [3.63, 3.8) is 0 Å². The number of nitrogens with one attached hydrogen (secondary N) is 2. The van der Waals surface area contributed by atoms with Crippen molar-refractivity contribution in [1.29, 1.82) is 0 Å². The maximum Gasteiger partial charge on any atom is 0.237 e. The van der Waals surface area contributed by atoms with Crippen molar-refractivity contribution in [3.05, 3.63) is 54.1 Å². The van der Waals surface area contributed by atoms with Gasteiger partial charge in [0, 0.05) is 27.8 Å². The highest BCUT2D eigenvalue weighted by Crippen LogP contribution is 2.28. The molecular formula is C24H28N2O3S. The summed E-state index contributed by atoms with van der Waals surface area (Å²) >= 11 is 1.44. The van der Waals surface area contributed by atoms with Crippen LogP contribution in [0.3, 0.4) is 0 Å². The Hall–Kier alpha value is -2.60. The minimum Gasteiger partial charge on any atom is -0.326 e. The van der Waals surface area contributed by atoms with Crippen LogP contribution in [0.4, 0.5) is 11.4 Å². The van der Waals surface area contributed by atoms with Crippen molar-refractivity contribution in [3.8, 4) is 0 Å². The number of Topliss-reactive ketones (excluding diaryl/α,β-unsaturated/α-hetero) is 1. The van der Waals surface area contributed by atoms with Gasteiger partial charge in [0.25, 0.3) is 0 Å². The number of carbonyl (C=O) groups is 3. The maximum atomic E-state index is 12.5. The normalized spacial score (nSPS) is 15.3. The number of amides is 2. The van der Waals surface area contributed by atoms with Gasteiger partial charge in [0.2, 0.25) is 11.8 Å². The van der Waals surface area contributed by atoms with Crippen molar-refractivity contribution in [2.45, 2.75) is 56.1 Å². The molecule has 0 radical (unpaired) electrons. The fourth-order valence-electron chi connectivity index (χ4n) is 3.55. The van der Waals surface area contributed by atoms with Crippen molar-refractivity contribution >= 4 is 40.7 Å². The van der Waals surface area contributed by atoms with Gasteiger partial charge in [-0.1, -0.05) is 25.3 Å².